The molecule has 0 N–H and O–H groups in total. The molecule has 6 heteroatoms. The maximum absolute atomic E-state index is 13.2. The van der Waals surface area contributed by atoms with Crippen LogP contribution in [0, 0.1) is 0 Å². The summed E-state index contributed by atoms with van der Waals surface area (Å²) in [6, 6.07) is 8.36. The number of nitrogens with zero attached hydrogens (tertiary/aromatic N) is 3. The molecule has 1 atom stereocenters. The van der Waals surface area contributed by atoms with E-state index in [2.05, 4.69) is 14.7 Å². The summed E-state index contributed by atoms with van der Waals surface area (Å²) in [6.07, 6.45) is 6.82. The van der Waals surface area contributed by atoms with Crippen LogP contribution in [0.1, 0.15) is 42.5 Å². The highest BCUT2D eigenvalue weighted by molar-refractivity contribution is 6.30. The first-order valence-electron chi connectivity index (χ1n) is 10.8. The van der Waals surface area contributed by atoms with Crippen molar-refractivity contribution in [1.82, 2.24) is 14.7 Å². The molecule has 1 aromatic carbocycles. The Morgan fingerprint density at radius 3 is 2.54 bits per heavy atom. The third-order valence-corrected chi connectivity index (χ3v) is 7.47. The Hall–Kier alpha value is -1.14. The van der Waals surface area contributed by atoms with E-state index in [9.17, 15) is 4.79 Å². The van der Waals surface area contributed by atoms with Gasteiger partial charge in [0.05, 0.1) is 24.8 Å². The van der Waals surface area contributed by atoms with Crippen molar-refractivity contribution in [2.45, 2.75) is 49.7 Å². The Bertz CT molecular complexity index is 713. The summed E-state index contributed by atoms with van der Waals surface area (Å²) in [5.74, 6) is 0.123. The molecule has 3 heterocycles. The van der Waals surface area contributed by atoms with Gasteiger partial charge in [0.25, 0.3) is 5.91 Å². The van der Waals surface area contributed by atoms with Gasteiger partial charge in [-0.2, -0.15) is 0 Å². The van der Waals surface area contributed by atoms with Gasteiger partial charge in [-0.15, -0.1) is 0 Å². The van der Waals surface area contributed by atoms with Crippen molar-refractivity contribution in [1.29, 1.82) is 0 Å². The van der Waals surface area contributed by atoms with Crippen molar-refractivity contribution in [3.63, 3.8) is 0 Å². The van der Waals surface area contributed by atoms with E-state index in [-0.39, 0.29) is 11.4 Å². The lowest BCUT2D eigenvalue weighted by Gasteiger charge is -2.64. The van der Waals surface area contributed by atoms with Gasteiger partial charge in [-0.05, 0) is 37.1 Å². The molecular formula is C22H30ClN3O2. The van der Waals surface area contributed by atoms with Crippen LogP contribution in [0.4, 0.5) is 0 Å². The zero-order chi connectivity index (χ0) is 19.1. The van der Waals surface area contributed by atoms with Gasteiger partial charge in [0.1, 0.15) is 0 Å². The molecule has 3 saturated heterocycles. The topological polar surface area (TPSA) is 36.0 Å². The summed E-state index contributed by atoms with van der Waals surface area (Å²) in [5.41, 5.74) is 0.833. The van der Waals surface area contributed by atoms with Gasteiger partial charge in [-0.3, -0.25) is 14.6 Å². The fraction of sp³-hybridized carbons (Fsp3) is 0.682. The summed E-state index contributed by atoms with van der Waals surface area (Å²) in [6.45, 7) is 6.31. The molecule has 4 aliphatic rings. The first kappa shape index (κ1) is 18.9. The molecule has 1 aromatic rings. The van der Waals surface area contributed by atoms with Gasteiger partial charge < -0.3 is 9.64 Å². The number of carbonyl (C=O) groups is 1. The first-order valence-corrected chi connectivity index (χ1v) is 11.2. The number of amides is 1. The van der Waals surface area contributed by atoms with Crippen molar-refractivity contribution in [3.05, 3.63) is 34.9 Å². The second-order valence-corrected chi connectivity index (χ2v) is 9.47. The van der Waals surface area contributed by atoms with Crippen LogP contribution in [0.5, 0.6) is 0 Å². The Morgan fingerprint density at radius 1 is 1.04 bits per heavy atom. The quantitative estimate of drug-likeness (QED) is 0.760. The maximum Gasteiger partial charge on any atom is 0.253 e. The molecule has 1 amide bonds. The molecule has 28 heavy (non-hydrogen) atoms. The van der Waals surface area contributed by atoms with E-state index in [1.807, 2.05) is 12.1 Å². The minimum atomic E-state index is 0.103. The molecule has 1 aliphatic carbocycles. The van der Waals surface area contributed by atoms with Crippen molar-refractivity contribution < 1.29 is 9.53 Å². The number of piperazine rings is 1. The number of halogens is 1. The fourth-order valence-corrected chi connectivity index (χ4v) is 5.95. The molecule has 4 fully saturated rings. The van der Waals surface area contributed by atoms with E-state index in [0.717, 1.165) is 57.5 Å². The molecule has 3 aliphatic heterocycles. The van der Waals surface area contributed by atoms with Gasteiger partial charge in [-0.25, -0.2) is 0 Å². The highest BCUT2D eigenvalue weighted by atomic mass is 35.5. The van der Waals surface area contributed by atoms with Crippen LogP contribution in [0.3, 0.4) is 0 Å². The Balaban J connectivity index is 1.34. The van der Waals surface area contributed by atoms with Crippen molar-refractivity contribution in [2.24, 2.45) is 0 Å². The molecule has 1 spiro atoms. The number of hydrogen-bond acceptors (Lipinski definition) is 4. The molecule has 5 rings (SSSR count). The van der Waals surface area contributed by atoms with Gasteiger partial charge in [0.2, 0.25) is 0 Å². The van der Waals surface area contributed by atoms with Crippen LogP contribution in [-0.2, 0) is 4.74 Å². The van der Waals surface area contributed by atoms with Gasteiger partial charge >= 0.3 is 0 Å². The van der Waals surface area contributed by atoms with Crippen molar-refractivity contribution in [2.75, 3.05) is 45.9 Å². The summed E-state index contributed by atoms with van der Waals surface area (Å²) < 4.78 is 5.78. The van der Waals surface area contributed by atoms with Crippen molar-refractivity contribution >= 4 is 17.5 Å². The summed E-state index contributed by atoms with van der Waals surface area (Å²) in [7, 11) is 0. The molecule has 0 bridgehead atoms. The van der Waals surface area contributed by atoms with Crippen LogP contribution >= 0.6 is 11.6 Å². The normalized spacial score (nSPS) is 28.8. The molecule has 0 radical (unpaired) electrons. The second kappa shape index (κ2) is 7.60. The lowest BCUT2D eigenvalue weighted by Crippen LogP contribution is -2.81. The monoisotopic (exact) mass is 403 g/mol. The van der Waals surface area contributed by atoms with E-state index < -0.39 is 0 Å². The molecule has 152 valence electrons. The van der Waals surface area contributed by atoms with Crippen LogP contribution in [0.15, 0.2) is 24.3 Å². The summed E-state index contributed by atoms with van der Waals surface area (Å²) in [5, 5.41) is 0.667. The predicted molar refractivity (Wildman–Crippen MR) is 110 cm³/mol. The van der Waals surface area contributed by atoms with Crippen LogP contribution in [0.25, 0.3) is 0 Å². The lowest BCUT2D eigenvalue weighted by atomic mass is 9.79. The van der Waals surface area contributed by atoms with Crippen LogP contribution in [-0.4, -0.2) is 84.2 Å². The van der Waals surface area contributed by atoms with Gasteiger partial charge in [-0.1, -0.05) is 30.9 Å². The number of ether oxygens (including phenoxy) is 1. The number of benzene rings is 1. The molecule has 1 unspecified atom stereocenters. The molecule has 5 nitrogen and oxygen atoms in total. The average molecular weight is 404 g/mol. The Labute approximate surface area is 172 Å². The standard InChI is InChI=1S/C22H30ClN3O2/c23-18-8-6-17(7-9-18)21(27)24-12-20-13-28-11-10-26(20)22(14-24)15-25(16-22)19-4-2-1-3-5-19/h6-9,19-20H,1-5,10-16H2. The first-order chi connectivity index (χ1) is 13.6. The third-order valence-electron chi connectivity index (χ3n) is 7.22. The largest absolute Gasteiger partial charge is 0.378 e. The molecule has 0 aromatic heterocycles. The zero-order valence-electron chi connectivity index (χ0n) is 16.5. The SMILES string of the molecule is O=C(c1ccc(Cl)cc1)N1CC2COCCN2C2(C1)CN(C1CCCCC1)C2. The summed E-state index contributed by atoms with van der Waals surface area (Å²) >= 11 is 6.01. The number of morpholine rings is 1. The van der Waals surface area contributed by atoms with Gasteiger partial charge in [0.15, 0.2) is 0 Å². The molecular weight excluding hydrogens is 374 g/mol. The van der Waals surface area contributed by atoms with E-state index >= 15 is 0 Å². The van der Waals surface area contributed by atoms with E-state index in [4.69, 9.17) is 16.3 Å². The number of carbonyl (C=O) groups excluding carboxylic acids is 1. The zero-order valence-corrected chi connectivity index (χ0v) is 17.2. The predicted octanol–water partition coefficient (Wildman–Crippen LogP) is 2.88. The van der Waals surface area contributed by atoms with E-state index in [1.54, 1.807) is 12.1 Å². The summed E-state index contributed by atoms with van der Waals surface area (Å²) in [4.78, 5) is 20.6. The van der Waals surface area contributed by atoms with Crippen LogP contribution in [0.2, 0.25) is 5.02 Å². The molecule has 1 saturated carbocycles. The lowest BCUT2D eigenvalue weighted by molar-refractivity contribution is -0.168. The third kappa shape index (κ3) is 3.36. The van der Waals surface area contributed by atoms with E-state index in [0.29, 0.717) is 11.1 Å². The van der Waals surface area contributed by atoms with E-state index in [1.165, 1.54) is 32.1 Å². The Kier molecular flexibility index (Phi) is 5.12. The highest BCUT2D eigenvalue weighted by Gasteiger charge is 2.55. The second-order valence-electron chi connectivity index (χ2n) is 9.04. The average Bonchev–Trinajstić information content (AvgIpc) is 2.72. The van der Waals surface area contributed by atoms with Crippen molar-refractivity contribution in [3.8, 4) is 0 Å². The number of rotatable bonds is 2. The highest BCUT2D eigenvalue weighted by Crippen LogP contribution is 2.39. The minimum absolute atomic E-state index is 0.103. The van der Waals surface area contributed by atoms with Gasteiger partial charge in [0, 0.05) is 49.4 Å². The smallest absolute Gasteiger partial charge is 0.253 e. The number of fused-ring (bicyclic) bond motifs is 2. The maximum atomic E-state index is 13.2. The number of likely N-dealkylation sites (tertiary alicyclic amines) is 1. The number of hydrogen-bond donors (Lipinski definition) is 0. The van der Waals surface area contributed by atoms with Crippen LogP contribution < -0.4 is 0 Å². The fourth-order valence-electron chi connectivity index (χ4n) is 5.82. The Morgan fingerprint density at radius 2 is 1.79 bits per heavy atom. The minimum Gasteiger partial charge on any atom is -0.378 e.